The van der Waals surface area contributed by atoms with E-state index in [2.05, 4.69) is 57.4 Å². The zero-order valence-electron chi connectivity index (χ0n) is 9.57. The molecule has 17 heavy (non-hydrogen) atoms. The lowest BCUT2D eigenvalue weighted by atomic mass is 10.1. The molecule has 4 heteroatoms. The molecule has 0 amide bonds. The summed E-state index contributed by atoms with van der Waals surface area (Å²) in [6, 6.07) is 8.38. The molecule has 0 unspecified atom stereocenters. The monoisotopic (exact) mass is 291 g/mol. The van der Waals surface area contributed by atoms with E-state index in [9.17, 15) is 0 Å². The summed E-state index contributed by atoms with van der Waals surface area (Å²) < 4.78 is 0.880. The molecule has 0 aliphatic rings. The Morgan fingerprint density at radius 3 is 2.88 bits per heavy atom. The Morgan fingerprint density at radius 1 is 1.35 bits per heavy atom. The van der Waals surface area contributed by atoms with E-state index in [1.165, 1.54) is 11.1 Å². The lowest BCUT2D eigenvalue weighted by molar-refractivity contribution is 1.13. The summed E-state index contributed by atoms with van der Waals surface area (Å²) in [6.07, 6.45) is 3.37. The molecule has 1 heterocycles. The van der Waals surface area contributed by atoms with E-state index in [1.807, 2.05) is 0 Å². The van der Waals surface area contributed by atoms with Crippen LogP contribution in [-0.2, 0) is 6.54 Å². The van der Waals surface area contributed by atoms with Crippen molar-refractivity contribution in [3.63, 3.8) is 0 Å². The number of nitrogens with two attached hydrogens (primary N) is 1. The topological polar surface area (TPSA) is 50.9 Å². The van der Waals surface area contributed by atoms with Gasteiger partial charge in [0.05, 0.1) is 22.0 Å². The normalized spacial score (nSPS) is 10.2. The number of rotatable bonds is 3. The Hall–Kier alpha value is -1.55. The number of hydrogen-bond acceptors (Lipinski definition) is 3. The number of hydrogen-bond donors (Lipinski definition) is 2. The maximum Gasteiger partial charge on any atom is 0.0752 e. The second kappa shape index (κ2) is 5.19. The number of aromatic nitrogens is 1. The molecule has 2 rings (SSSR count). The molecule has 88 valence electrons. The van der Waals surface area contributed by atoms with Gasteiger partial charge in [-0.25, -0.2) is 0 Å². The van der Waals surface area contributed by atoms with Gasteiger partial charge in [-0.1, -0.05) is 29.8 Å². The Labute approximate surface area is 109 Å². The summed E-state index contributed by atoms with van der Waals surface area (Å²) in [5, 5.41) is 3.31. The first-order chi connectivity index (χ1) is 8.16. The molecule has 0 fully saturated rings. The molecule has 0 spiro atoms. The highest BCUT2D eigenvalue weighted by Gasteiger charge is 2.04. The number of pyridine rings is 1. The summed E-state index contributed by atoms with van der Waals surface area (Å²) in [7, 11) is 0. The van der Waals surface area contributed by atoms with Gasteiger partial charge in [-0.2, -0.15) is 0 Å². The molecular formula is C13H14BrN3. The molecule has 3 nitrogen and oxygen atoms in total. The highest BCUT2D eigenvalue weighted by Crippen LogP contribution is 2.27. The highest BCUT2D eigenvalue weighted by molar-refractivity contribution is 9.10. The van der Waals surface area contributed by atoms with Gasteiger partial charge in [0.25, 0.3) is 0 Å². The maximum atomic E-state index is 5.86. The molecule has 1 aromatic heterocycles. The van der Waals surface area contributed by atoms with Crippen molar-refractivity contribution in [3.8, 4) is 0 Å². The fraction of sp³-hybridized carbons (Fsp3) is 0.154. The van der Waals surface area contributed by atoms with Gasteiger partial charge in [0.1, 0.15) is 0 Å². The minimum absolute atomic E-state index is 0.645. The van der Waals surface area contributed by atoms with Gasteiger partial charge in [-0.3, -0.25) is 4.98 Å². The molecule has 0 radical (unpaired) electrons. The fourth-order valence-electron chi connectivity index (χ4n) is 1.65. The third-order valence-corrected chi connectivity index (χ3v) is 3.08. The van der Waals surface area contributed by atoms with Crippen LogP contribution in [0.1, 0.15) is 11.1 Å². The molecule has 0 atom stereocenters. The van der Waals surface area contributed by atoms with Gasteiger partial charge in [0.2, 0.25) is 0 Å². The minimum Gasteiger partial charge on any atom is -0.396 e. The van der Waals surface area contributed by atoms with E-state index < -0.39 is 0 Å². The lowest BCUT2D eigenvalue weighted by Gasteiger charge is -2.11. The molecule has 0 aliphatic heterocycles. The zero-order chi connectivity index (χ0) is 12.3. The predicted molar refractivity (Wildman–Crippen MR) is 74.9 cm³/mol. The van der Waals surface area contributed by atoms with Gasteiger partial charge in [0.15, 0.2) is 0 Å². The number of benzene rings is 1. The first kappa shape index (κ1) is 11.9. The molecule has 0 aliphatic carbocycles. The first-order valence-electron chi connectivity index (χ1n) is 5.35. The van der Waals surface area contributed by atoms with E-state index in [1.54, 1.807) is 12.4 Å². The summed E-state index contributed by atoms with van der Waals surface area (Å²) in [6.45, 7) is 2.83. The zero-order valence-corrected chi connectivity index (χ0v) is 11.2. The molecule has 0 saturated heterocycles. The van der Waals surface area contributed by atoms with Crippen LogP contribution in [-0.4, -0.2) is 4.98 Å². The van der Waals surface area contributed by atoms with Crippen molar-refractivity contribution < 1.29 is 0 Å². The van der Waals surface area contributed by atoms with Crippen molar-refractivity contribution in [2.75, 3.05) is 11.1 Å². The van der Waals surface area contributed by atoms with Crippen molar-refractivity contribution in [2.45, 2.75) is 13.5 Å². The number of nitrogens with one attached hydrogen (secondary N) is 1. The van der Waals surface area contributed by atoms with Crippen molar-refractivity contribution in [1.29, 1.82) is 0 Å². The van der Waals surface area contributed by atoms with Crippen molar-refractivity contribution >= 4 is 27.3 Å². The number of nitrogen functional groups attached to an aromatic ring is 1. The average Bonchev–Trinajstić information content (AvgIpc) is 2.28. The van der Waals surface area contributed by atoms with Crippen LogP contribution in [0.4, 0.5) is 11.4 Å². The quantitative estimate of drug-likeness (QED) is 0.912. The van der Waals surface area contributed by atoms with Crippen LogP contribution in [0.2, 0.25) is 0 Å². The van der Waals surface area contributed by atoms with Crippen LogP contribution in [0.5, 0.6) is 0 Å². The lowest BCUT2D eigenvalue weighted by Crippen LogP contribution is -2.03. The van der Waals surface area contributed by atoms with Crippen LogP contribution < -0.4 is 11.1 Å². The second-order valence-electron chi connectivity index (χ2n) is 3.93. The Morgan fingerprint density at radius 2 is 2.18 bits per heavy atom. The Balaban J connectivity index is 2.13. The van der Waals surface area contributed by atoms with Gasteiger partial charge in [-0.05, 0) is 28.4 Å². The summed E-state index contributed by atoms with van der Waals surface area (Å²) in [4.78, 5) is 4.00. The van der Waals surface area contributed by atoms with E-state index in [0.29, 0.717) is 5.69 Å². The average molecular weight is 292 g/mol. The van der Waals surface area contributed by atoms with E-state index >= 15 is 0 Å². The summed E-state index contributed by atoms with van der Waals surface area (Å²) >= 11 is 3.43. The van der Waals surface area contributed by atoms with Gasteiger partial charge >= 0.3 is 0 Å². The van der Waals surface area contributed by atoms with Gasteiger partial charge in [-0.15, -0.1) is 0 Å². The summed E-state index contributed by atoms with van der Waals surface area (Å²) in [5.74, 6) is 0. The molecule has 2 aromatic rings. The maximum absolute atomic E-state index is 5.86. The molecule has 0 bridgehead atoms. The smallest absolute Gasteiger partial charge is 0.0752 e. The largest absolute Gasteiger partial charge is 0.396 e. The van der Waals surface area contributed by atoms with Crippen LogP contribution >= 0.6 is 15.9 Å². The standard InChI is InChI=1S/C13H14BrN3/c1-9-3-2-4-10(5-9)6-17-13-11(14)7-16-8-12(13)15/h2-5,7-8H,6,15H2,1H3,(H,16,17). The van der Waals surface area contributed by atoms with Gasteiger partial charge < -0.3 is 11.1 Å². The van der Waals surface area contributed by atoms with Crippen LogP contribution in [0, 0.1) is 6.92 Å². The Bertz CT molecular complexity index is 506. The SMILES string of the molecule is Cc1cccc(CNc2c(N)cncc2Br)c1. The predicted octanol–water partition coefficient (Wildman–Crippen LogP) is 3.35. The number of aryl methyl sites for hydroxylation is 1. The van der Waals surface area contributed by atoms with E-state index in [0.717, 1.165) is 16.7 Å². The molecule has 3 N–H and O–H groups in total. The molecule has 1 aromatic carbocycles. The van der Waals surface area contributed by atoms with Crippen LogP contribution in [0.25, 0.3) is 0 Å². The molecular weight excluding hydrogens is 278 g/mol. The minimum atomic E-state index is 0.645. The van der Waals surface area contributed by atoms with E-state index in [-0.39, 0.29) is 0 Å². The third kappa shape index (κ3) is 2.97. The number of halogens is 1. The first-order valence-corrected chi connectivity index (χ1v) is 6.14. The van der Waals surface area contributed by atoms with Crippen molar-refractivity contribution in [3.05, 3.63) is 52.3 Å². The second-order valence-corrected chi connectivity index (χ2v) is 4.78. The highest BCUT2D eigenvalue weighted by atomic mass is 79.9. The van der Waals surface area contributed by atoms with E-state index in [4.69, 9.17) is 5.73 Å². The summed E-state index contributed by atoms with van der Waals surface area (Å²) in [5.41, 5.74) is 9.88. The number of nitrogens with zero attached hydrogens (tertiary/aromatic N) is 1. The van der Waals surface area contributed by atoms with Crippen LogP contribution in [0.15, 0.2) is 41.1 Å². The fourth-order valence-corrected chi connectivity index (χ4v) is 2.14. The van der Waals surface area contributed by atoms with Gasteiger partial charge in [0, 0.05) is 12.7 Å². The number of anilines is 2. The van der Waals surface area contributed by atoms with Crippen LogP contribution in [0.3, 0.4) is 0 Å². The Kier molecular flexibility index (Phi) is 3.64. The molecule has 0 saturated carbocycles. The third-order valence-electron chi connectivity index (χ3n) is 2.48. The van der Waals surface area contributed by atoms with Crippen molar-refractivity contribution in [2.24, 2.45) is 0 Å². The van der Waals surface area contributed by atoms with Crippen molar-refractivity contribution in [1.82, 2.24) is 4.98 Å².